The molecule has 3 aromatic carbocycles. The molecular weight excluding hydrogens is 512 g/mol. The van der Waals surface area contributed by atoms with Crippen molar-refractivity contribution in [3.05, 3.63) is 89.7 Å². The number of hydrogen-bond acceptors (Lipinski definition) is 6. The fraction of sp³-hybridized carbons (Fsp3) is 0.281. The molecule has 9 nitrogen and oxygen atoms in total. The van der Waals surface area contributed by atoms with Crippen molar-refractivity contribution >= 4 is 33.9 Å². The second-order valence-corrected chi connectivity index (χ2v) is 10.7. The van der Waals surface area contributed by atoms with Gasteiger partial charge in [0.25, 0.3) is 5.78 Å². The molecule has 1 amide bonds. The van der Waals surface area contributed by atoms with Gasteiger partial charge in [0.15, 0.2) is 11.5 Å². The summed E-state index contributed by atoms with van der Waals surface area (Å²) in [6.07, 6.45) is 1.83. The Balaban J connectivity index is 1.08. The summed E-state index contributed by atoms with van der Waals surface area (Å²) in [6.45, 7) is 7.54. The summed E-state index contributed by atoms with van der Waals surface area (Å²) in [7, 11) is 0. The van der Waals surface area contributed by atoms with Crippen molar-refractivity contribution in [2.75, 3.05) is 31.1 Å². The number of amides is 1. The molecule has 7 rings (SSSR count). The molecule has 0 saturated carbocycles. The van der Waals surface area contributed by atoms with Crippen molar-refractivity contribution in [3.8, 4) is 11.4 Å². The zero-order chi connectivity index (χ0) is 27.9. The normalized spacial score (nSPS) is 14.0. The average molecular weight is 545 g/mol. The summed E-state index contributed by atoms with van der Waals surface area (Å²) >= 11 is 0. The largest absolute Gasteiger partial charge is 0.368 e. The first-order valence-corrected chi connectivity index (χ1v) is 14.2. The molecule has 0 aliphatic carbocycles. The Bertz CT molecular complexity index is 1880. The number of rotatable bonds is 6. The number of piperazine rings is 1. The molecule has 206 valence electrons. The summed E-state index contributed by atoms with van der Waals surface area (Å²) in [6, 6.07) is 24.5. The maximum absolute atomic E-state index is 13.1. The van der Waals surface area contributed by atoms with E-state index in [0.29, 0.717) is 30.9 Å². The van der Waals surface area contributed by atoms with Crippen molar-refractivity contribution < 1.29 is 4.79 Å². The maximum Gasteiger partial charge on any atom is 0.258 e. The van der Waals surface area contributed by atoms with Gasteiger partial charge >= 0.3 is 0 Å². The third-order valence-electron chi connectivity index (χ3n) is 8.27. The highest BCUT2D eigenvalue weighted by molar-refractivity contribution is 5.94. The number of fused-ring (bicyclic) bond motifs is 6. The molecule has 0 atom stereocenters. The van der Waals surface area contributed by atoms with Crippen LogP contribution in [0.15, 0.2) is 72.8 Å². The highest BCUT2D eigenvalue weighted by atomic mass is 16.2. The fourth-order valence-electron chi connectivity index (χ4n) is 5.88. The second kappa shape index (κ2) is 10.3. The molecule has 9 heteroatoms. The number of benzene rings is 3. The van der Waals surface area contributed by atoms with Gasteiger partial charge in [0, 0.05) is 55.7 Å². The van der Waals surface area contributed by atoms with E-state index in [1.807, 2.05) is 47.4 Å². The molecule has 0 bridgehead atoms. The first kappa shape index (κ1) is 25.2. The summed E-state index contributed by atoms with van der Waals surface area (Å²) in [5.41, 5.74) is 6.58. The molecule has 41 heavy (non-hydrogen) atoms. The molecule has 0 spiro atoms. The SMILES string of the molecule is Cc1cccc(N2CCN(C(=O)CCCc3nnc4n5nc(-c6ccccc6)nc5c5ccccc5n34)CC2)c1C. The first-order chi connectivity index (χ1) is 20.1. The minimum Gasteiger partial charge on any atom is -0.368 e. The Hall–Kier alpha value is -4.79. The van der Waals surface area contributed by atoms with Gasteiger partial charge in [0.1, 0.15) is 5.82 Å². The average Bonchev–Trinajstić information content (AvgIpc) is 3.65. The third-order valence-corrected chi connectivity index (χ3v) is 8.27. The summed E-state index contributed by atoms with van der Waals surface area (Å²) in [5.74, 6) is 2.30. The van der Waals surface area contributed by atoms with Crippen LogP contribution in [-0.2, 0) is 11.2 Å². The lowest BCUT2D eigenvalue weighted by atomic mass is 10.1. The molecule has 1 saturated heterocycles. The maximum atomic E-state index is 13.1. The number of para-hydroxylation sites is 1. The zero-order valence-corrected chi connectivity index (χ0v) is 23.4. The van der Waals surface area contributed by atoms with Crippen LogP contribution in [0.1, 0.15) is 29.8 Å². The van der Waals surface area contributed by atoms with Gasteiger partial charge < -0.3 is 9.80 Å². The predicted molar refractivity (Wildman–Crippen MR) is 160 cm³/mol. The van der Waals surface area contributed by atoms with E-state index < -0.39 is 0 Å². The van der Waals surface area contributed by atoms with Gasteiger partial charge in [-0.15, -0.1) is 15.3 Å². The highest BCUT2D eigenvalue weighted by Crippen LogP contribution is 2.26. The molecule has 6 aromatic rings. The highest BCUT2D eigenvalue weighted by Gasteiger charge is 2.23. The molecule has 1 fully saturated rings. The van der Waals surface area contributed by atoms with Gasteiger partial charge in [-0.25, -0.2) is 4.98 Å². The van der Waals surface area contributed by atoms with E-state index >= 15 is 0 Å². The van der Waals surface area contributed by atoms with Crippen molar-refractivity contribution in [1.82, 2.24) is 34.1 Å². The molecular formula is C32H32N8O. The van der Waals surface area contributed by atoms with Crippen molar-refractivity contribution in [1.29, 1.82) is 0 Å². The van der Waals surface area contributed by atoms with Crippen molar-refractivity contribution in [2.24, 2.45) is 0 Å². The van der Waals surface area contributed by atoms with Crippen LogP contribution in [0.3, 0.4) is 0 Å². The van der Waals surface area contributed by atoms with Crippen LogP contribution in [0.4, 0.5) is 5.69 Å². The molecule has 1 aliphatic heterocycles. The molecule has 3 aromatic heterocycles. The minimum atomic E-state index is 0.204. The van der Waals surface area contributed by atoms with Gasteiger partial charge in [-0.2, -0.15) is 4.52 Å². The second-order valence-electron chi connectivity index (χ2n) is 10.7. The predicted octanol–water partition coefficient (Wildman–Crippen LogP) is 4.88. The van der Waals surface area contributed by atoms with Gasteiger partial charge in [0.2, 0.25) is 5.91 Å². The standard InChI is InChI=1S/C32H32N8O/c1-22-10-8-15-26(23(22)2)37-18-20-38(21-19-37)29(41)17-9-16-28-34-35-32-39(28)27-14-7-6-13-25(27)31-33-30(36-40(31)32)24-11-4-3-5-12-24/h3-8,10-15H,9,16-21H2,1-2H3. The van der Waals surface area contributed by atoms with Crippen molar-refractivity contribution in [2.45, 2.75) is 33.1 Å². The van der Waals surface area contributed by atoms with Gasteiger partial charge in [-0.3, -0.25) is 9.20 Å². The van der Waals surface area contributed by atoms with Crippen LogP contribution in [0.25, 0.3) is 33.7 Å². The lowest BCUT2D eigenvalue weighted by Gasteiger charge is -2.37. The number of anilines is 1. The van der Waals surface area contributed by atoms with E-state index in [-0.39, 0.29) is 5.91 Å². The topological polar surface area (TPSA) is 83.9 Å². The lowest BCUT2D eigenvalue weighted by molar-refractivity contribution is -0.131. The lowest BCUT2D eigenvalue weighted by Crippen LogP contribution is -2.49. The third kappa shape index (κ3) is 4.47. The minimum absolute atomic E-state index is 0.204. The number of hydrogen-bond donors (Lipinski definition) is 0. The number of aromatic nitrogens is 6. The number of nitrogens with zero attached hydrogens (tertiary/aromatic N) is 8. The quantitative estimate of drug-likeness (QED) is 0.297. The summed E-state index contributed by atoms with van der Waals surface area (Å²) in [5, 5.41) is 14.8. The summed E-state index contributed by atoms with van der Waals surface area (Å²) < 4.78 is 3.83. The Labute approximate surface area is 238 Å². The zero-order valence-electron chi connectivity index (χ0n) is 23.4. The van der Waals surface area contributed by atoms with E-state index in [1.165, 1.54) is 16.8 Å². The summed E-state index contributed by atoms with van der Waals surface area (Å²) in [4.78, 5) is 22.4. The molecule has 0 unspecified atom stereocenters. The van der Waals surface area contributed by atoms with Crippen molar-refractivity contribution in [3.63, 3.8) is 0 Å². The van der Waals surface area contributed by atoms with E-state index in [0.717, 1.165) is 54.1 Å². The van der Waals surface area contributed by atoms with Crippen LogP contribution in [0.2, 0.25) is 0 Å². The Kier molecular flexibility index (Phi) is 6.34. The first-order valence-electron chi connectivity index (χ1n) is 14.2. The fourth-order valence-corrected chi connectivity index (χ4v) is 5.88. The Morgan fingerprint density at radius 1 is 0.854 bits per heavy atom. The van der Waals surface area contributed by atoms with Crippen LogP contribution in [-0.4, -0.2) is 66.2 Å². The monoisotopic (exact) mass is 544 g/mol. The van der Waals surface area contributed by atoms with Gasteiger partial charge in [0.05, 0.1) is 5.52 Å². The molecule has 0 N–H and O–H groups in total. The van der Waals surface area contributed by atoms with Gasteiger partial charge in [-0.05, 0) is 49.6 Å². The number of aryl methyl sites for hydroxylation is 2. The molecule has 0 radical (unpaired) electrons. The Morgan fingerprint density at radius 3 is 2.46 bits per heavy atom. The van der Waals surface area contributed by atoms with E-state index in [1.54, 1.807) is 4.52 Å². The van der Waals surface area contributed by atoms with E-state index in [2.05, 4.69) is 63.7 Å². The van der Waals surface area contributed by atoms with Crippen LogP contribution < -0.4 is 4.90 Å². The van der Waals surface area contributed by atoms with Crippen LogP contribution in [0, 0.1) is 13.8 Å². The number of carbonyl (C=O) groups is 1. The van der Waals surface area contributed by atoms with E-state index in [4.69, 9.17) is 10.1 Å². The smallest absolute Gasteiger partial charge is 0.258 e. The Morgan fingerprint density at radius 2 is 1.63 bits per heavy atom. The van der Waals surface area contributed by atoms with Crippen LogP contribution in [0.5, 0.6) is 0 Å². The van der Waals surface area contributed by atoms with Crippen LogP contribution >= 0.6 is 0 Å². The molecule has 1 aliphatic rings. The van der Waals surface area contributed by atoms with Gasteiger partial charge in [-0.1, -0.05) is 54.6 Å². The molecule has 4 heterocycles. The number of carbonyl (C=O) groups excluding carboxylic acids is 1. The van der Waals surface area contributed by atoms with E-state index in [9.17, 15) is 4.79 Å².